The van der Waals surface area contributed by atoms with E-state index >= 15 is 0 Å². The van der Waals surface area contributed by atoms with E-state index in [0.717, 1.165) is 93.7 Å². The van der Waals surface area contributed by atoms with Crippen molar-refractivity contribution in [1.29, 1.82) is 0 Å². The van der Waals surface area contributed by atoms with Gasteiger partial charge >= 0.3 is 16.2 Å². The summed E-state index contributed by atoms with van der Waals surface area (Å²) in [6, 6.07) is 1.45. The van der Waals surface area contributed by atoms with E-state index in [1.807, 2.05) is 10.9 Å². The molecule has 1 aliphatic carbocycles. The molecule has 1 saturated carbocycles. The zero-order valence-electron chi connectivity index (χ0n) is 19.6. The minimum Gasteiger partial charge on any atom is -0.489 e. The Bertz CT molecular complexity index is 925. The van der Waals surface area contributed by atoms with Crippen molar-refractivity contribution in [2.24, 2.45) is 5.92 Å². The van der Waals surface area contributed by atoms with Gasteiger partial charge in [-0.3, -0.25) is 4.90 Å². The first-order chi connectivity index (χ1) is 15.8. The molecule has 11 heteroatoms. The van der Waals surface area contributed by atoms with Crippen LogP contribution < -0.4 is 19.7 Å². The second-order valence-corrected chi connectivity index (χ2v) is 11.3. The summed E-state index contributed by atoms with van der Waals surface area (Å²) in [6.45, 7) is 5.84. The number of nitrogens with zero attached hydrogens (tertiary/aromatic N) is 4. The Hall–Kier alpha value is -2.11. The van der Waals surface area contributed by atoms with Crippen molar-refractivity contribution in [2.45, 2.75) is 44.6 Å². The third kappa shape index (κ3) is 6.07. The van der Waals surface area contributed by atoms with Crippen LogP contribution in [0.15, 0.2) is 12.3 Å². The molecule has 2 fully saturated rings. The van der Waals surface area contributed by atoms with Gasteiger partial charge in [0.15, 0.2) is 11.6 Å². The van der Waals surface area contributed by atoms with Crippen molar-refractivity contribution < 1.29 is 17.9 Å². The predicted octanol–water partition coefficient (Wildman–Crippen LogP) is 1.19. The molecule has 10 nitrogen and oxygen atoms in total. The van der Waals surface area contributed by atoms with Crippen LogP contribution in [0.2, 0.25) is 0 Å². The van der Waals surface area contributed by atoms with Crippen LogP contribution in [0.1, 0.15) is 37.7 Å². The number of urea groups is 1. The molecule has 2 aliphatic heterocycles. The number of rotatable bonds is 7. The van der Waals surface area contributed by atoms with E-state index in [9.17, 15) is 13.2 Å². The van der Waals surface area contributed by atoms with E-state index in [-0.39, 0.29) is 6.04 Å². The summed E-state index contributed by atoms with van der Waals surface area (Å²) < 4.78 is 32.4. The number of anilines is 1. The molecular formula is C22H36N6O4S. The van der Waals surface area contributed by atoms with Gasteiger partial charge in [-0.25, -0.2) is 14.5 Å². The maximum absolute atomic E-state index is 12.0. The zero-order chi connectivity index (χ0) is 23.4. The van der Waals surface area contributed by atoms with Gasteiger partial charge in [-0.1, -0.05) is 0 Å². The van der Waals surface area contributed by atoms with Crippen molar-refractivity contribution in [3.63, 3.8) is 0 Å². The number of amides is 2. The fraction of sp³-hybridized carbons (Fsp3) is 0.727. The van der Waals surface area contributed by atoms with E-state index < -0.39 is 16.2 Å². The summed E-state index contributed by atoms with van der Waals surface area (Å²) in [7, 11) is -0.977. The van der Waals surface area contributed by atoms with Gasteiger partial charge in [0.2, 0.25) is 0 Å². The SMILES string of the molecule is CN(C)S(=O)(=O)NC(=O)NC1CCC(CCN2CCN(c3nccc4c3OCC4)CC2)CC1. The second-order valence-electron chi connectivity index (χ2n) is 9.42. The van der Waals surface area contributed by atoms with Gasteiger partial charge in [-0.05, 0) is 50.6 Å². The highest BCUT2D eigenvalue weighted by Crippen LogP contribution is 2.34. The Morgan fingerprint density at radius 2 is 1.91 bits per heavy atom. The van der Waals surface area contributed by atoms with Crippen molar-refractivity contribution >= 4 is 22.1 Å². The number of carbonyl (C=O) groups is 1. The van der Waals surface area contributed by atoms with Crippen LogP contribution in [0.3, 0.4) is 0 Å². The summed E-state index contributed by atoms with van der Waals surface area (Å²) in [5.41, 5.74) is 1.27. The first kappa shape index (κ1) is 24.0. The number of hydrogen-bond acceptors (Lipinski definition) is 7. The monoisotopic (exact) mass is 480 g/mol. The van der Waals surface area contributed by atoms with Gasteiger partial charge in [0.1, 0.15) is 0 Å². The molecule has 0 radical (unpaired) electrons. The molecule has 3 heterocycles. The first-order valence-corrected chi connectivity index (χ1v) is 13.3. The van der Waals surface area contributed by atoms with Gasteiger partial charge in [-0.15, -0.1) is 0 Å². The van der Waals surface area contributed by atoms with E-state index in [2.05, 4.69) is 26.2 Å². The minimum atomic E-state index is -3.75. The van der Waals surface area contributed by atoms with Crippen LogP contribution in [0.5, 0.6) is 5.75 Å². The van der Waals surface area contributed by atoms with Gasteiger partial charge in [0, 0.05) is 64.5 Å². The summed E-state index contributed by atoms with van der Waals surface area (Å²) in [4.78, 5) is 21.5. The van der Waals surface area contributed by atoms with Crippen LogP contribution in [-0.4, -0.2) is 88.1 Å². The smallest absolute Gasteiger partial charge is 0.329 e. The number of aromatic nitrogens is 1. The van der Waals surface area contributed by atoms with Crippen LogP contribution in [0, 0.1) is 5.92 Å². The largest absolute Gasteiger partial charge is 0.489 e. The number of fused-ring (bicyclic) bond motifs is 1. The Balaban J connectivity index is 1.14. The Labute approximate surface area is 196 Å². The van der Waals surface area contributed by atoms with Crippen molar-refractivity contribution in [2.75, 3.05) is 58.3 Å². The lowest BCUT2D eigenvalue weighted by Gasteiger charge is -2.37. The Morgan fingerprint density at radius 1 is 1.18 bits per heavy atom. The van der Waals surface area contributed by atoms with E-state index in [1.165, 1.54) is 19.7 Å². The zero-order valence-corrected chi connectivity index (χ0v) is 20.4. The highest BCUT2D eigenvalue weighted by Gasteiger charge is 2.27. The molecule has 33 heavy (non-hydrogen) atoms. The topological polar surface area (TPSA) is 107 Å². The molecular weight excluding hydrogens is 444 g/mol. The number of nitrogens with one attached hydrogen (secondary N) is 2. The lowest BCUT2D eigenvalue weighted by atomic mass is 9.84. The molecule has 4 rings (SSSR count). The molecule has 0 aromatic carbocycles. The van der Waals surface area contributed by atoms with Crippen LogP contribution in [-0.2, 0) is 16.6 Å². The maximum Gasteiger partial charge on any atom is 0.329 e. The molecule has 3 aliphatic rings. The van der Waals surface area contributed by atoms with Crippen molar-refractivity contribution in [3.05, 3.63) is 17.8 Å². The summed E-state index contributed by atoms with van der Waals surface area (Å²) in [5, 5.41) is 2.81. The molecule has 0 unspecified atom stereocenters. The second kappa shape index (κ2) is 10.4. The fourth-order valence-corrected chi connectivity index (χ4v) is 5.36. The average molecular weight is 481 g/mol. The van der Waals surface area contributed by atoms with Crippen LogP contribution in [0.4, 0.5) is 10.6 Å². The van der Waals surface area contributed by atoms with Crippen LogP contribution in [0.25, 0.3) is 0 Å². The number of hydrogen-bond donors (Lipinski definition) is 2. The number of ether oxygens (including phenoxy) is 1. The summed E-state index contributed by atoms with van der Waals surface area (Å²) in [6.07, 6.45) is 7.92. The molecule has 184 valence electrons. The molecule has 1 aromatic rings. The summed E-state index contributed by atoms with van der Waals surface area (Å²) in [5.74, 6) is 2.63. The van der Waals surface area contributed by atoms with Crippen molar-refractivity contribution in [1.82, 2.24) is 24.2 Å². The number of pyridine rings is 1. The van der Waals surface area contributed by atoms with E-state index in [4.69, 9.17) is 4.74 Å². The Morgan fingerprint density at radius 3 is 2.61 bits per heavy atom. The van der Waals surface area contributed by atoms with E-state index in [1.54, 1.807) is 0 Å². The molecule has 1 saturated heterocycles. The van der Waals surface area contributed by atoms with Gasteiger partial charge in [0.05, 0.1) is 6.61 Å². The third-order valence-corrected chi connectivity index (χ3v) is 8.40. The predicted molar refractivity (Wildman–Crippen MR) is 127 cm³/mol. The van der Waals surface area contributed by atoms with E-state index in [0.29, 0.717) is 5.92 Å². The standard InChI is InChI=1S/C22H36N6O4S/c1-26(2)33(30,31)25-22(29)24-19-5-3-17(4-6-19)8-11-27-12-14-28(15-13-27)21-20-18(7-10-23-21)9-16-32-20/h7,10,17,19H,3-6,8-9,11-16H2,1-2H3,(H2,24,25,29). The van der Waals surface area contributed by atoms with Gasteiger partial charge < -0.3 is 15.0 Å². The highest BCUT2D eigenvalue weighted by atomic mass is 32.2. The lowest BCUT2D eigenvalue weighted by molar-refractivity contribution is 0.206. The highest BCUT2D eigenvalue weighted by molar-refractivity contribution is 7.87. The van der Waals surface area contributed by atoms with Crippen LogP contribution >= 0.6 is 0 Å². The summed E-state index contributed by atoms with van der Waals surface area (Å²) >= 11 is 0. The van der Waals surface area contributed by atoms with Gasteiger partial charge in [0.25, 0.3) is 0 Å². The van der Waals surface area contributed by atoms with Crippen molar-refractivity contribution in [3.8, 4) is 5.75 Å². The first-order valence-electron chi connectivity index (χ1n) is 11.9. The number of piperazine rings is 1. The number of carbonyl (C=O) groups excluding carboxylic acids is 1. The average Bonchev–Trinajstić information content (AvgIpc) is 3.27. The quantitative estimate of drug-likeness (QED) is 0.604. The molecule has 1 aromatic heterocycles. The minimum absolute atomic E-state index is 0.0319. The molecule has 2 amide bonds. The molecule has 0 bridgehead atoms. The normalized spacial score (nSPS) is 23.8. The van der Waals surface area contributed by atoms with Gasteiger partial charge in [-0.2, -0.15) is 12.7 Å². The molecule has 0 spiro atoms. The maximum atomic E-state index is 12.0. The molecule has 0 atom stereocenters. The Kier molecular flexibility index (Phi) is 7.60. The third-order valence-electron chi connectivity index (χ3n) is 6.99. The molecule has 2 N–H and O–H groups in total. The fourth-order valence-electron chi connectivity index (χ4n) is 4.89. The lowest BCUT2D eigenvalue weighted by Crippen LogP contribution is -2.49.